The second-order valence-corrected chi connectivity index (χ2v) is 4.87. The topological polar surface area (TPSA) is 27.1 Å². The Hall–Kier alpha value is -2.00. The van der Waals surface area contributed by atoms with Gasteiger partial charge in [-0.15, -0.1) is 11.6 Å². The van der Waals surface area contributed by atoms with E-state index >= 15 is 0 Å². The van der Waals surface area contributed by atoms with Gasteiger partial charge in [0, 0.05) is 24.1 Å². The summed E-state index contributed by atoms with van der Waals surface area (Å²) in [4.78, 5) is 4.69. The predicted octanol–water partition coefficient (Wildman–Crippen LogP) is 3.82. The fourth-order valence-electron chi connectivity index (χ4n) is 2.35. The Bertz CT molecular complexity index is 722. The van der Waals surface area contributed by atoms with Crippen LogP contribution in [0.5, 0.6) is 5.75 Å². The van der Waals surface area contributed by atoms with Gasteiger partial charge in [-0.3, -0.25) is 4.57 Å². The van der Waals surface area contributed by atoms with Crippen LogP contribution in [0.4, 0.5) is 0 Å². The highest BCUT2D eigenvalue weighted by atomic mass is 35.5. The number of aromatic nitrogens is 2. The maximum absolute atomic E-state index is 5.90. The molecule has 0 saturated carbocycles. The molecule has 0 spiro atoms. The van der Waals surface area contributed by atoms with Gasteiger partial charge in [-0.25, -0.2) is 4.98 Å². The average Bonchev–Trinajstić information content (AvgIpc) is 2.85. The molecular weight excluding hydrogens is 272 g/mol. The molecule has 20 heavy (non-hydrogen) atoms. The van der Waals surface area contributed by atoms with Crippen LogP contribution in [-0.2, 0) is 6.42 Å². The molecule has 0 atom stereocenters. The largest absolute Gasteiger partial charge is 0.497 e. The third-order valence-corrected chi connectivity index (χ3v) is 3.45. The Balaban J connectivity index is 2.24. The van der Waals surface area contributed by atoms with E-state index in [4.69, 9.17) is 16.3 Å². The molecule has 3 rings (SSSR count). The van der Waals surface area contributed by atoms with E-state index in [1.807, 2.05) is 36.4 Å². The summed E-state index contributed by atoms with van der Waals surface area (Å²) in [6.07, 6.45) is 0.730. The van der Waals surface area contributed by atoms with Crippen LogP contribution in [0.3, 0.4) is 0 Å². The molecule has 0 amide bonds. The summed E-state index contributed by atoms with van der Waals surface area (Å²) in [6.45, 7) is 0. The summed E-state index contributed by atoms with van der Waals surface area (Å²) in [5.41, 5.74) is 3.09. The molecule has 3 aromatic rings. The third kappa shape index (κ3) is 2.25. The van der Waals surface area contributed by atoms with Gasteiger partial charge >= 0.3 is 0 Å². The van der Waals surface area contributed by atoms with Gasteiger partial charge in [0.15, 0.2) is 0 Å². The van der Waals surface area contributed by atoms with Gasteiger partial charge in [-0.1, -0.05) is 18.2 Å². The number of halogens is 1. The van der Waals surface area contributed by atoms with Crippen LogP contribution in [0.2, 0.25) is 0 Å². The first-order valence-electron chi connectivity index (χ1n) is 6.50. The predicted molar refractivity (Wildman–Crippen MR) is 82.0 cm³/mol. The summed E-state index contributed by atoms with van der Waals surface area (Å²) in [5.74, 6) is 2.33. The van der Waals surface area contributed by atoms with Crippen molar-refractivity contribution < 1.29 is 4.74 Å². The number of benzene rings is 2. The van der Waals surface area contributed by atoms with Crippen molar-refractivity contribution in [1.82, 2.24) is 9.55 Å². The number of hydrogen-bond donors (Lipinski definition) is 0. The zero-order chi connectivity index (χ0) is 13.9. The lowest BCUT2D eigenvalue weighted by molar-refractivity contribution is 0.415. The lowest BCUT2D eigenvalue weighted by Gasteiger charge is -2.08. The summed E-state index contributed by atoms with van der Waals surface area (Å²) in [6, 6.07) is 16.1. The minimum atomic E-state index is 0.549. The van der Waals surface area contributed by atoms with Crippen LogP contribution in [0.1, 0.15) is 5.82 Å². The Kier molecular flexibility index (Phi) is 3.61. The molecular formula is C16H15ClN2O. The van der Waals surface area contributed by atoms with Crippen molar-refractivity contribution in [2.45, 2.75) is 6.42 Å². The molecule has 0 unspecified atom stereocenters. The maximum Gasteiger partial charge on any atom is 0.121 e. The van der Waals surface area contributed by atoms with E-state index in [0.29, 0.717) is 5.88 Å². The van der Waals surface area contributed by atoms with E-state index < -0.39 is 0 Å². The van der Waals surface area contributed by atoms with Crippen LogP contribution in [-0.4, -0.2) is 22.5 Å². The molecule has 0 radical (unpaired) electrons. The fraction of sp³-hybridized carbons (Fsp3) is 0.188. The molecule has 1 aromatic heterocycles. The number of rotatable bonds is 4. The smallest absolute Gasteiger partial charge is 0.121 e. The molecule has 0 bridgehead atoms. The molecule has 3 nitrogen and oxygen atoms in total. The highest BCUT2D eigenvalue weighted by molar-refractivity contribution is 6.17. The second kappa shape index (κ2) is 5.55. The summed E-state index contributed by atoms with van der Waals surface area (Å²) < 4.78 is 7.41. The standard InChI is InChI=1S/C16H15ClN2O/c1-20-13-7-8-15-14(11-13)18-16(9-10-17)19(15)12-5-3-2-4-6-12/h2-8,11H,9-10H2,1H3. The van der Waals surface area contributed by atoms with E-state index in [1.165, 1.54) is 0 Å². The first kappa shape index (κ1) is 13.0. The number of fused-ring (bicyclic) bond motifs is 1. The van der Waals surface area contributed by atoms with Crippen LogP contribution in [0.15, 0.2) is 48.5 Å². The quantitative estimate of drug-likeness (QED) is 0.682. The van der Waals surface area contributed by atoms with Crippen molar-refractivity contribution in [2.75, 3.05) is 13.0 Å². The fourth-order valence-corrected chi connectivity index (χ4v) is 2.52. The third-order valence-electron chi connectivity index (χ3n) is 3.26. The van der Waals surface area contributed by atoms with Crippen molar-refractivity contribution in [1.29, 1.82) is 0 Å². The average molecular weight is 287 g/mol. The van der Waals surface area contributed by atoms with E-state index in [0.717, 1.165) is 34.7 Å². The maximum atomic E-state index is 5.90. The van der Waals surface area contributed by atoms with Gasteiger partial charge in [0.25, 0.3) is 0 Å². The SMILES string of the molecule is COc1ccc2c(c1)nc(CCCl)n2-c1ccccc1. The number of ether oxygens (including phenoxy) is 1. The number of nitrogens with zero attached hydrogens (tertiary/aromatic N) is 2. The monoisotopic (exact) mass is 286 g/mol. The van der Waals surface area contributed by atoms with Gasteiger partial charge in [0.2, 0.25) is 0 Å². The zero-order valence-corrected chi connectivity index (χ0v) is 12.0. The van der Waals surface area contributed by atoms with Gasteiger partial charge in [0.05, 0.1) is 18.1 Å². The van der Waals surface area contributed by atoms with Gasteiger partial charge in [-0.2, -0.15) is 0 Å². The number of imidazole rings is 1. The molecule has 0 N–H and O–H groups in total. The highest BCUT2D eigenvalue weighted by Gasteiger charge is 2.12. The lowest BCUT2D eigenvalue weighted by Crippen LogP contribution is -2.01. The van der Waals surface area contributed by atoms with E-state index in [9.17, 15) is 0 Å². The summed E-state index contributed by atoms with van der Waals surface area (Å²) in [5, 5.41) is 0. The molecule has 0 saturated heterocycles. The normalized spacial score (nSPS) is 10.9. The van der Waals surface area contributed by atoms with Crippen molar-refractivity contribution in [3.05, 3.63) is 54.4 Å². The van der Waals surface area contributed by atoms with Crippen molar-refractivity contribution in [2.24, 2.45) is 0 Å². The minimum Gasteiger partial charge on any atom is -0.497 e. The number of para-hydroxylation sites is 1. The van der Waals surface area contributed by atoms with Crippen molar-refractivity contribution >= 4 is 22.6 Å². The molecule has 0 aliphatic carbocycles. The zero-order valence-electron chi connectivity index (χ0n) is 11.2. The number of alkyl halides is 1. The Morgan fingerprint density at radius 3 is 2.65 bits per heavy atom. The first-order valence-corrected chi connectivity index (χ1v) is 7.03. The summed E-state index contributed by atoms with van der Waals surface area (Å²) >= 11 is 5.90. The number of methoxy groups -OCH3 is 1. The Morgan fingerprint density at radius 1 is 1.15 bits per heavy atom. The van der Waals surface area contributed by atoms with Crippen LogP contribution >= 0.6 is 11.6 Å². The van der Waals surface area contributed by atoms with Gasteiger partial charge in [-0.05, 0) is 24.3 Å². The van der Waals surface area contributed by atoms with Crippen LogP contribution < -0.4 is 4.74 Å². The molecule has 102 valence electrons. The van der Waals surface area contributed by atoms with Crippen LogP contribution in [0, 0.1) is 0 Å². The summed E-state index contributed by atoms with van der Waals surface area (Å²) in [7, 11) is 1.66. The van der Waals surface area contributed by atoms with E-state index in [1.54, 1.807) is 7.11 Å². The molecule has 0 fully saturated rings. The van der Waals surface area contributed by atoms with E-state index in [-0.39, 0.29) is 0 Å². The lowest BCUT2D eigenvalue weighted by atomic mass is 10.2. The highest BCUT2D eigenvalue weighted by Crippen LogP contribution is 2.25. The molecule has 2 aromatic carbocycles. The molecule has 0 aliphatic heterocycles. The minimum absolute atomic E-state index is 0.549. The van der Waals surface area contributed by atoms with Gasteiger partial charge in [0.1, 0.15) is 11.6 Å². The van der Waals surface area contributed by atoms with E-state index in [2.05, 4.69) is 21.7 Å². The number of hydrogen-bond acceptors (Lipinski definition) is 2. The molecule has 4 heteroatoms. The second-order valence-electron chi connectivity index (χ2n) is 4.49. The molecule has 1 heterocycles. The van der Waals surface area contributed by atoms with Gasteiger partial charge < -0.3 is 4.74 Å². The van der Waals surface area contributed by atoms with Crippen molar-refractivity contribution in [3.63, 3.8) is 0 Å². The first-order chi connectivity index (χ1) is 9.83. The Morgan fingerprint density at radius 2 is 1.95 bits per heavy atom. The Labute approximate surface area is 122 Å². The molecule has 0 aliphatic rings. The van der Waals surface area contributed by atoms with Crippen molar-refractivity contribution in [3.8, 4) is 11.4 Å². The van der Waals surface area contributed by atoms with Crippen LogP contribution in [0.25, 0.3) is 16.7 Å². The number of aryl methyl sites for hydroxylation is 1.